The van der Waals surface area contributed by atoms with Crippen molar-refractivity contribution in [3.05, 3.63) is 65.5 Å². The van der Waals surface area contributed by atoms with Crippen molar-refractivity contribution >= 4 is 44.9 Å². The molecule has 1 aliphatic carbocycles. The molecular weight excluding hydrogens is 484 g/mol. The summed E-state index contributed by atoms with van der Waals surface area (Å²) in [7, 11) is -3.26. The maximum Gasteiger partial charge on any atom is 0.359 e. The number of nitrogens with zero attached hydrogens (tertiary/aromatic N) is 3. The van der Waals surface area contributed by atoms with E-state index in [1.54, 1.807) is 31.2 Å². The van der Waals surface area contributed by atoms with Gasteiger partial charge in [-0.1, -0.05) is 12.1 Å². The van der Waals surface area contributed by atoms with E-state index in [1.165, 1.54) is 13.2 Å². The van der Waals surface area contributed by atoms with Crippen molar-refractivity contribution in [2.45, 2.75) is 32.6 Å². The first kappa shape index (κ1) is 25.4. The fourth-order valence-corrected chi connectivity index (χ4v) is 4.00. The third-order valence-electron chi connectivity index (χ3n) is 5.63. The van der Waals surface area contributed by atoms with Crippen molar-refractivity contribution in [2.75, 3.05) is 28.6 Å². The minimum Gasteiger partial charge on any atom is -0.353 e. The number of nitrogens with one attached hydrogen (secondary N) is 3. The van der Waals surface area contributed by atoms with Gasteiger partial charge >= 0.3 is 10.3 Å². The Bertz CT molecular complexity index is 1380. The first-order chi connectivity index (χ1) is 17.2. The first-order valence-corrected chi connectivity index (χ1v) is 12.8. The van der Waals surface area contributed by atoms with Crippen LogP contribution in [-0.4, -0.2) is 42.5 Å². The number of hydrogen-bond acceptors (Lipinski definition) is 8. The van der Waals surface area contributed by atoms with Gasteiger partial charge in [0.2, 0.25) is 0 Å². The molecule has 1 saturated carbocycles. The van der Waals surface area contributed by atoms with Crippen LogP contribution in [0.15, 0.2) is 48.7 Å². The lowest BCUT2D eigenvalue weighted by Gasteiger charge is -2.22. The monoisotopic (exact) mass is 512 g/mol. The molecule has 0 aliphatic heterocycles. The standard InChI is InChI=1S/C24H28N6O5S/c1-4-35-29-24(31)18-14-25-23(28-22-7-5-6-15(2)26-22)13-20(18)27-19-11-10-17(16-8-9-16)12-21(19)30(3)36(32,33)34/h5-7,10-14,16H,4,8-9H2,1-3H3,(H,29,31)(H,32,33,34)(H2,25,26,27,28). The Morgan fingerprint density at radius 1 is 1.14 bits per heavy atom. The molecule has 2 heterocycles. The van der Waals surface area contributed by atoms with Crippen LogP contribution in [0.25, 0.3) is 0 Å². The van der Waals surface area contributed by atoms with Gasteiger partial charge in [0.15, 0.2) is 0 Å². The van der Waals surface area contributed by atoms with E-state index in [4.69, 9.17) is 4.84 Å². The van der Waals surface area contributed by atoms with Crippen molar-refractivity contribution < 1.29 is 22.6 Å². The number of aryl methyl sites for hydroxylation is 1. The molecule has 0 spiro atoms. The van der Waals surface area contributed by atoms with Gasteiger partial charge in [0.05, 0.1) is 29.2 Å². The number of anilines is 5. The molecule has 0 bridgehead atoms. The highest BCUT2D eigenvalue weighted by molar-refractivity contribution is 7.87. The molecule has 11 nitrogen and oxygen atoms in total. The van der Waals surface area contributed by atoms with E-state index >= 15 is 0 Å². The van der Waals surface area contributed by atoms with Gasteiger partial charge < -0.3 is 10.6 Å². The zero-order valence-electron chi connectivity index (χ0n) is 20.1. The highest BCUT2D eigenvalue weighted by atomic mass is 32.2. The van der Waals surface area contributed by atoms with Crippen LogP contribution in [0.4, 0.5) is 28.7 Å². The maximum absolute atomic E-state index is 12.8. The van der Waals surface area contributed by atoms with Gasteiger partial charge in [-0.3, -0.25) is 14.2 Å². The molecule has 1 amide bonds. The summed E-state index contributed by atoms with van der Waals surface area (Å²) >= 11 is 0. The summed E-state index contributed by atoms with van der Waals surface area (Å²) in [5.41, 5.74) is 5.25. The van der Waals surface area contributed by atoms with E-state index in [1.807, 2.05) is 25.1 Å². The molecule has 1 fully saturated rings. The number of carbonyl (C=O) groups excluding carboxylic acids is 1. The van der Waals surface area contributed by atoms with Crippen LogP contribution in [0, 0.1) is 6.92 Å². The fraction of sp³-hybridized carbons (Fsp3) is 0.292. The average Bonchev–Trinajstić information content (AvgIpc) is 3.67. The van der Waals surface area contributed by atoms with E-state index < -0.39 is 16.2 Å². The van der Waals surface area contributed by atoms with Gasteiger partial charge in [-0.15, -0.1) is 0 Å². The number of hydrogen-bond donors (Lipinski definition) is 4. The lowest BCUT2D eigenvalue weighted by Crippen LogP contribution is -2.27. The van der Waals surface area contributed by atoms with Crippen LogP contribution < -0.4 is 20.4 Å². The van der Waals surface area contributed by atoms with E-state index in [0.717, 1.165) is 28.4 Å². The SMILES string of the molecule is CCONC(=O)c1cnc(Nc2cccc(C)n2)cc1Nc1ccc(C2CC2)cc1N(C)S(=O)(=O)O. The molecule has 2 aromatic heterocycles. The molecule has 0 unspecified atom stereocenters. The fourth-order valence-electron chi connectivity index (χ4n) is 3.60. The lowest BCUT2D eigenvalue weighted by molar-refractivity contribution is 0.0365. The Morgan fingerprint density at radius 3 is 2.58 bits per heavy atom. The summed E-state index contributed by atoms with van der Waals surface area (Å²) < 4.78 is 34.4. The van der Waals surface area contributed by atoms with Gasteiger partial charge in [-0.25, -0.2) is 19.8 Å². The number of hydroxylamine groups is 1. The second-order valence-electron chi connectivity index (χ2n) is 8.39. The number of carbonyl (C=O) groups is 1. The molecule has 0 saturated heterocycles. The van der Waals surface area contributed by atoms with E-state index in [0.29, 0.717) is 28.9 Å². The second-order valence-corrected chi connectivity index (χ2v) is 9.83. The molecule has 4 N–H and O–H groups in total. The minimum atomic E-state index is -4.52. The average molecular weight is 513 g/mol. The van der Waals surface area contributed by atoms with Crippen molar-refractivity contribution in [3.63, 3.8) is 0 Å². The number of aromatic nitrogens is 2. The molecule has 4 rings (SSSR count). The highest BCUT2D eigenvalue weighted by Gasteiger charge is 2.27. The number of benzene rings is 1. The summed E-state index contributed by atoms with van der Waals surface area (Å²) in [6.45, 7) is 3.87. The van der Waals surface area contributed by atoms with Gasteiger partial charge in [0.1, 0.15) is 11.6 Å². The topological polar surface area (TPSA) is 146 Å². The van der Waals surface area contributed by atoms with E-state index in [2.05, 4.69) is 26.1 Å². The number of pyridine rings is 2. The summed E-state index contributed by atoms with van der Waals surface area (Å²) in [5, 5.41) is 6.24. The lowest BCUT2D eigenvalue weighted by atomic mass is 10.1. The maximum atomic E-state index is 12.8. The van der Waals surface area contributed by atoms with Crippen molar-refractivity contribution in [1.82, 2.24) is 15.4 Å². The predicted molar refractivity (Wildman–Crippen MR) is 137 cm³/mol. The van der Waals surface area contributed by atoms with E-state index in [9.17, 15) is 17.8 Å². The third kappa shape index (κ3) is 6.08. The van der Waals surface area contributed by atoms with Crippen LogP contribution in [0.2, 0.25) is 0 Å². The van der Waals surface area contributed by atoms with Gasteiger partial charge in [-0.2, -0.15) is 8.42 Å². The van der Waals surface area contributed by atoms with Gasteiger partial charge in [-0.05, 0) is 62.4 Å². The molecule has 190 valence electrons. The Morgan fingerprint density at radius 2 is 1.92 bits per heavy atom. The zero-order valence-corrected chi connectivity index (χ0v) is 21.0. The largest absolute Gasteiger partial charge is 0.359 e. The normalized spacial score (nSPS) is 13.2. The Balaban J connectivity index is 1.74. The van der Waals surface area contributed by atoms with E-state index in [-0.39, 0.29) is 17.9 Å². The summed E-state index contributed by atoms with van der Waals surface area (Å²) in [6, 6.07) is 12.5. The van der Waals surface area contributed by atoms with Crippen molar-refractivity contribution in [3.8, 4) is 0 Å². The van der Waals surface area contributed by atoms with Gasteiger partial charge in [0, 0.05) is 25.0 Å². The predicted octanol–water partition coefficient (Wildman–Crippen LogP) is 4.07. The molecule has 0 atom stereocenters. The summed E-state index contributed by atoms with van der Waals surface area (Å²) in [4.78, 5) is 26.5. The van der Waals surface area contributed by atoms with Crippen LogP contribution in [0.5, 0.6) is 0 Å². The molecule has 12 heteroatoms. The molecule has 36 heavy (non-hydrogen) atoms. The molecule has 0 radical (unpaired) electrons. The molecule has 1 aliphatic rings. The van der Waals surface area contributed by atoms with Crippen molar-refractivity contribution in [1.29, 1.82) is 0 Å². The van der Waals surface area contributed by atoms with Gasteiger partial charge in [0.25, 0.3) is 5.91 Å². The third-order valence-corrected chi connectivity index (χ3v) is 6.52. The number of amides is 1. The van der Waals surface area contributed by atoms with Crippen molar-refractivity contribution in [2.24, 2.45) is 0 Å². The molecular formula is C24H28N6O5S. The minimum absolute atomic E-state index is 0.165. The van der Waals surface area contributed by atoms with Crippen LogP contribution in [0.1, 0.15) is 47.3 Å². The Labute approximate surface area is 209 Å². The Kier molecular flexibility index (Phi) is 7.38. The van der Waals surface area contributed by atoms with Crippen LogP contribution >= 0.6 is 0 Å². The number of rotatable bonds is 10. The Hall–Kier alpha value is -3.74. The molecule has 3 aromatic rings. The second kappa shape index (κ2) is 10.5. The van der Waals surface area contributed by atoms with Crippen LogP contribution in [0.3, 0.4) is 0 Å². The molecule has 1 aromatic carbocycles. The summed E-state index contributed by atoms with van der Waals surface area (Å²) in [5.74, 6) is 0.799. The highest BCUT2D eigenvalue weighted by Crippen LogP contribution is 2.43. The van der Waals surface area contributed by atoms with Crippen LogP contribution in [-0.2, 0) is 15.1 Å². The quantitative estimate of drug-likeness (QED) is 0.233. The first-order valence-electron chi connectivity index (χ1n) is 11.4. The summed E-state index contributed by atoms with van der Waals surface area (Å²) in [6.07, 6.45) is 3.42. The zero-order chi connectivity index (χ0) is 25.9. The smallest absolute Gasteiger partial charge is 0.353 e.